The van der Waals surface area contributed by atoms with Crippen LogP contribution in [0.3, 0.4) is 0 Å². The van der Waals surface area contributed by atoms with Crippen molar-refractivity contribution in [1.29, 1.82) is 5.26 Å². The molecule has 132 valence electrons. The van der Waals surface area contributed by atoms with E-state index in [0.717, 1.165) is 0 Å². The SMILES string of the molecule is COC(=O)c1c(N)c(C#N)cn1-c1cccc2c(=O)n(C)n(C)c(=O)c12. The number of nitrogens with two attached hydrogens (primary N) is 1. The zero-order valence-electron chi connectivity index (χ0n) is 14.3. The van der Waals surface area contributed by atoms with Crippen LogP contribution in [-0.2, 0) is 18.8 Å². The number of carbonyl (C=O) groups excluding carboxylic acids is 1. The fraction of sp³-hybridized carbons (Fsp3) is 0.176. The van der Waals surface area contributed by atoms with Crippen molar-refractivity contribution >= 4 is 22.4 Å². The van der Waals surface area contributed by atoms with Crippen molar-refractivity contribution in [2.24, 2.45) is 14.1 Å². The van der Waals surface area contributed by atoms with Gasteiger partial charge in [0.05, 0.1) is 34.8 Å². The number of fused-ring (bicyclic) bond motifs is 1. The van der Waals surface area contributed by atoms with Gasteiger partial charge in [-0.2, -0.15) is 5.26 Å². The van der Waals surface area contributed by atoms with Gasteiger partial charge >= 0.3 is 5.97 Å². The number of carbonyl (C=O) groups is 1. The Labute approximate surface area is 147 Å². The number of nitriles is 1. The van der Waals surface area contributed by atoms with Crippen LogP contribution >= 0.6 is 0 Å². The summed E-state index contributed by atoms with van der Waals surface area (Å²) >= 11 is 0. The summed E-state index contributed by atoms with van der Waals surface area (Å²) in [5.41, 5.74) is 5.27. The predicted molar refractivity (Wildman–Crippen MR) is 94.2 cm³/mol. The highest BCUT2D eigenvalue weighted by molar-refractivity contribution is 5.98. The first-order valence-electron chi connectivity index (χ1n) is 7.52. The molecular weight excluding hydrogens is 338 g/mol. The van der Waals surface area contributed by atoms with Gasteiger partial charge in [-0.05, 0) is 12.1 Å². The van der Waals surface area contributed by atoms with Crippen LogP contribution < -0.4 is 16.9 Å². The fourth-order valence-electron chi connectivity index (χ4n) is 2.86. The first-order valence-corrected chi connectivity index (χ1v) is 7.52. The average Bonchev–Trinajstić information content (AvgIpc) is 2.99. The van der Waals surface area contributed by atoms with Gasteiger partial charge in [-0.15, -0.1) is 0 Å². The highest BCUT2D eigenvalue weighted by Crippen LogP contribution is 2.27. The molecule has 0 aliphatic heterocycles. The molecule has 9 heteroatoms. The van der Waals surface area contributed by atoms with Crippen molar-refractivity contribution < 1.29 is 9.53 Å². The van der Waals surface area contributed by atoms with E-state index in [1.807, 2.05) is 6.07 Å². The van der Waals surface area contributed by atoms with E-state index < -0.39 is 11.5 Å². The number of anilines is 1. The number of methoxy groups -OCH3 is 1. The number of ether oxygens (including phenoxy) is 1. The molecule has 0 unspecified atom stereocenters. The average molecular weight is 353 g/mol. The summed E-state index contributed by atoms with van der Waals surface area (Å²) in [6.45, 7) is 0. The van der Waals surface area contributed by atoms with Crippen molar-refractivity contribution in [3.8, 4) is 11.8 Å². The van der Waals surface area contributed by atoms with Crippen LogP contribution in [0.25, 0.3) is 16.5 Å². The summed E-state index contributed by atoms with van der Waals surface area (Å²) < 4.78 is 8.42. The van der Waals surface area contributed by atoms with E-state index in [2.05, 4.69) is 0 Å². The van der Waals surface area contributed by atoms with Crippen LogP contribution in [0.5, 0.6) is 0 Å². The van der Waals surface area contributed by atoms with E-state index in [-0.39, 0.29) is 39.0 Å². The largest absolute Gasteiger partial charge is 0.464 e. The summed E-state index contributed by atoms with van der Waals surface area (Å²) in [5, 5.41) is 9.54. The smallest absolute Gasteiger partial charge is 0.357 e. The lowest BCUT2D eigenvalue weighted by atomic mass is 10.1. The van der Waals surface area contributed by atoms with E-state index >= 15 is 0 Å². The van der Waals surface area contributed by atoms with Crippen LogP contribution in [0.15, 0.2) is 34.0 Å². The van der Waals surface area contributed by atoms with Gasteiger partial charge < -0.3 is 15.0 Å². The minimum atomic E-state index is -0.762. The first-order chi connectivity index (χ1) is 12.3. The Balaban J connectivity index is 2.54. The van der Waals surface area contributed by atoms with Crippen molar-refractivity contribution in [3.05, 3.63) is 56.4 Å². The number of esters is 1. The maximum atomic E-state index is 12.8. The second-order valence-electron chi connectivity index (χ2n) is 5.64. The van der Waals surface area contributed by atoms with Gasteiger partial charge in [0.25, 0.3) is 11.1 Å². The molecule has 3 rings (SSSR count). The van der Waals surface area contributed by atoms with Gasteiger partial charge in [0.2, 0.25) is 0 Å². The van der Waals surface area contributed by atoms with Crippen LogP contribution in [0.2, 0.25) is 0 Å². The Morgan fingerprint density at radius 3 is 2.46 bits per heavy atom. The summed E-state index contributed by atoms with van der Waals surface area (Å²) in [4.78, 5) is 37.5. The molecule has 2 aromatic heterocycles. The molecule has 0 fully saturated rings. The highest BCUT2D eigenvalue weighted by atomic mass is 16.5. The Kier molecular flexibility index (Phi) is 3.88. The number of benzene rings is 1. The zero-order valence-corrected chi connectivity index (χ0v) is 14.3. The molecule has 0 spiro atoms. The Bertz CT molecular complexity index is 1220. The van der Waals surface area contributed by atoms with E-state index in [9.17, 15) is 19.6 Å². The van der Waals surface area contributed by atoms with Crippen LogP contribution in [0.1, 0.15) is 16.1 Å². The molecule has 9 nitrogen and oxygen atoms in total. The molecule has 3 aromatic rings. The number of hydrogen-bond acceptors (Lipinski definition) is 6. The van der Waals surface area contributed by atoms with Crippen LogP contribution in [-0.4, -0.2) is 27.0 Å². The van der Waals surface area contributed by atoms with E-state index in [1.54, 1.807) is 12.1 Å². The third kappa shape index (κ3) is 2.20. The lowest BCUT2D eigenvalue weighted by Gasteiger charge is -2.13. The van der Waals surface area contributed by atoms with Crippen LogP contribution in [0.4, 0.5) is 5.69 Å². The molecule has 0 saturated carbocycles. The molecule has 0 radical (unpaired) electrons. The normalized spacial score (nSPS) is 10.7. The Morgan fingerprint density at radius 2 is 1.85 bits per heavy atom. The topological polar surface area (TPSA) is 125 Å². The van der Waals surface area contributed by atoms with Crippen molar-refractivity contribution in [2.45, 2.75) is 0 Å². The quantitative estimate of drug-likeness (QED) is 0.659. The first kappa shape index (κ1) is 17.0. The van der Waals surface area contributed by atoms with Gasteiger partial charge in [0.15, 0.2) is 5.69 Å². The third-order valence-electron chi connectivity index (χ3n) is 4.33. The zero-order chi connectivity index (χ0) is 19.2. The Morgan fingerprint density at radius 1 is 1.19 bits per heavy atom. The third-order valence-corrected chi connectivity index (χ3v) is 4.33. The minimum Gasteiger partial charge on any atom is -0.464 e. The highest BCUT2D eigenvalue weighted by Gasteiger charge is 2.24. The summed E-state index contributed by atoms with van der Waals surface area (Å²) in [6, 6.07) is 6.57. The van der Waals surface area contributed by atoms with Crippen molar-refractivity contribution in [3.63, 3.8) is 0 Å². The fourth-order valence-corrected chi connectivity index (χ4v) is 2.86. The monoisotopic (exact) mass is 353 g/mol. The van der Waals surface area contributed by atoms with E-state index in [0.29, 0.717) is 0 Å². The molecule has 26 heavy (non-hydrogen) atoms. The molecule has 0 saturated heterocycles. The predicted octanol–water partition coefficient (Wildman–Crippen LogP) is 0.268. The Hall–Kier alpha value is -3.80. The lowest BCUT2D eigenvalue weighted by Crippen LogP contribution is -2.35. The number of nitrogens with zero attached hydrogens (tertiary/aromatic N) is 4. The number of hydrogen-bond donors (Lipinski definition) is 1. The van der Waals surface area contributed by atoms with Crippen LogP contribution in [0, 0.1) is 11.3 Å². The molecule has 0 aliphatic carbocycles. The summed E-state index contributed by atoms with van der Waals surface area (Å²) in [6.07, 6.45) is 1.34. The van der Waals surface area contributed by atoms with Gasteiger partial charge in [-0.1, -0.05) is 6.07 Å². The maximum Gasteiger partial charge on any atom is 0.357 e. The van der Waals surface area contributed by atoms with Gasteiger partial charge in [-0.25, -0.2) is 4.79 Å². The second kappa shape index (κ2) is 5.93. The molecular formula is C17H15N5O4. The second-order valence-corrected chi connectivity index (χ2v) is 5.64. The van der Waals surface area contributed by atoms with Gasteiger partial charge in [0.1, 0.15) is 6.07 Å². The standard InChI is InChI=1S/C17H15N5O4/c1-20-15(23)10-5-4-6-11(12(10)16(24)21(20)2)22-8-9(7-18)13(19)14(22)17(25)26-3/h4-6,8H,19H2,1-3H3. The molecule has 1 aromatic carbocycles. The maximum absolute atomic E-state index is 12.8. The molecule has 0 atom stereocenters. The minimum absolute atomic E-state index is 0.0583. The summed E-state index contributed by atoms with van der Waals surface area (Å²) in [7, 11) is 4.13. The lowest BCUT2D eigenvalue weighted by molar-refractivity contribution is 0.0593. The molecule has 0 bridgehead atoms. The molecule has 0 amide bonds. The van der Waals surface area contributed by atoms with E-state index in [1.165, 1.54) is 47.4 Å². The van der Waals surface area contributed by atoms with E-state index in [4.69, 9.17) is 10.5 Å². The number of rotatable bonds is 2. The van der Waals surface area contributed by atoms with Crippen molar-refractivity contribution in [2.75, 3.05) is 12.8 Å². The summed E-state index contributed by atoms with van der Waals surface area (Å²) in [5.74, 6) is -0.762. The molecule has 2 heterocycles. The van der Waals surface area contributed by atoms with Gasteiger partial charge in [-0.3, -0.25) is 19.0 Å². The molecule has 2 N–H and O–H groups in total. The van der Waals surface area contributed by atoms with Crippen molar-refractivity contribution in [1.82, 2.24) is 13.9 Å². The number of nitrogen functional groups attached to an aromatic ring is 1. The molecule has 0 aliphatic rings. The number of aromatic nitrogens is 3. The van der Waals surface area contributed by atoms with Gasteiger partial charge in [0, 0.05) is 20.3 Å².